The molecule has 11 heteroatoms. The minimum absolute atomic E-state index is 0.127. The van der Waals surface area contributed by atoms with Crippen LogP contribution in [0.15, 0.2) is 36.5 Å². The van der Waals surface area contributed by atoms with Gasteiger partial charge in [-0.3, -0.25) is 9.53 Å². The molecule has 1 aromatic heterocycles. The number of benzene rings is 2. The van der Waals surface area contributed by atoms with Crippen LogP contribution >= 0.6 is 0 Å². The van der Waals surface area contributed by atoms with Crippen LogP contribution in [0, 0.1) is 17.5 Å². The van der Waals surface area contributed by atoms with Crippen molar-refractivity contribution in [3.8, 4) is 5.75 Å². The van der Waals surface area contributed by atoms with Gasteiger partial charge in [-0.2, -0.15) is 0 Å². The molecule has 0 aliphatic carbocycles. The molecule has 0 spiro atoms. The Morgan fingerprint density at radius 2 is 1.72 bits per heavy atom. The summed E-state index contributed by atoms with van der Waals surface area (Å²) in [5, 5.41) is 2.64. The summed E-state index contributed by atoms with van der Waals surface area (Å²) in [6.07, 6.45) is -3.50. The molecule has 3 rings (SSSR count). The summed E-state index contributed by atoms with van der Waals surface area (Å²) in [6.45, 7) is -1.39. The first-order valence-electron chi connectivity index (χ1n) is 8.04. The number of aromatic nitrogens is 1. The summed E-state index contributed by atoms with van der Waals surface area (Å²) in [5.74, 6) is -4.25. The van der Waals surface area contributed by atoms with Gasteiger partial charge in [0.05, 0.1) is 17.8 Å². The van der Waals surface area contributed by atoms with Gasteiger partial charge < -0.3 is 15.0 Å². The molecule has 0 unspecified atom stereocenters. The van der Waals surface area contributed by atoms with Crippen molar-refractivity contribution in [3.05, 3.63) is 59.5 Å². The number of anilines is 1. The van der Waals surface area contributed by atoms with Crippen molar-refractivity contribution >= 4 is 22.5 Å². The number of ether oxygens (including phenoxy) is 2. The molecule has 0 aliphatic rings. The summed E-state index contributed by atoms with van der Waals surface area (Å²) in [6, 6.07) is 4.91. The molecule has 2 aromatic carbocycles. The van der Waals surface area contributed by atoms with Crippen LogP contribution < -0.4 is 10.1 Å². The van der Waals surface area contributed by atoms with Crippen LogP contribution in [-0.2, 0) is 4.74 Å². The first-order chi connectivity index (χ1) is 13.6. The van der Waals surface area contributed by atoms with E-state index in [-0.39, 0.29) is 27.9 Å². The van der Waals surface area contributed by atoms with Crippen LogP contribution in [0.1, 0.15) is 10.4 Å². The highest BCUT2D eigenvalue weighted by molar-refractivity contribution is 6.09. The fourth-order valence-corrected chi connectivity index (χ4v) is 2.48. The first kappa shape index (κ1) is 20.5. The normalized spacial score (nSPS) is 11.7. The number of carbonyl (C=O) groups excluding carboxylic acids is 1. The molecule has 0 saturated heterocycles. The van der Waals surface area contributed by atoms with E-state index in [1.54, 1.807) is 0 Å². The van der Waals surface area contributed by atoms with Crippen molar-refractivity contribution in [1.29, 1.82) is 0 Å². The summed E-state index contributed by atoms with van der Waals surface area (Å²) >= 11 is 0. The van der Waals surface area contributed by atoms with Crippen molar-refractivity contribution in [2.45, 2.75) is 6.36 Å². The van der Waals surface area contributed by atoms with Crippen LogP contribution in [-0.4, -0.2) is 30.5 Å². The van der Waals surface area contributed by atoms with E-state index in [1.807, 2.05) is 0 Å². The summed E-state index contributed by atoms with van der Waals surface area (Å²) in [4.78, 5) is 15.0. The average molecular weight is 418 g/mol. The number of hydrogen-bond donors (Lipinski definition) is 2. The highest BCUT2D eigenvalue weighted by atomic mass is 19.4. The monoisotopic (exact) mass is 418 g/mol. The third-order valence-electron chi connectivity index (χ3n) is 3.77. The predicted octanol–water partition coefficient (Wildman–Crippen LogP) is 4.75. The Kier molecular flexibility index (Phi) is 5.69. The fourth-order valence-electron chi connectivity index (χ4n) is 2.48. The Balaban J connectivity index is 1.67. The molecule has 1 heterocycles. The molecule has 154 valence electrons. The van der Waals surface area contributed by atoms with E-state index in [0.29, 0.717) is 0 Å². The Hall–Kier alpha value is -3.21. The van der Waals surface area contributed by atoms with Crippen LogP contribution in [0.5, 0.6) is 5.75 Å². The number of rotatable bonds is 6. The molecule has 0 atom stereocenters. The summed E-state index contributed by atoms with van der Waals surface area (Å²) < 4.78 is 84.6. The fraction of sp³-hybridized carbons (Fsp3) is 0.167. The second kappa shape index (κ2) is 8.03. The van der Waals surface area contributed by atoms with Crippen LogP contribution in [0.4, 0.5) is 32.0 Å². The molecule has 0 radical (unpaired) electrons. The quantitative estimate of drug-likeness (QED) is 0.449. The van der Waals surface area contributed by atoms with Gasteiger partial charge in [0.15, 0.2) is 23.2 Å². The third kappa shape index (κ3) is 4.99. The highest BCUT2D eigenvalue weighted by Gasteiger charge is 2.28. The molecule has 0 aliphatic heterocycles. The predicted molar refractivity (Wildman–Crippen MR) is 90.1 cm³/mol. The SMILES string of the molecule is O=C(Nc1c[nH]c2cc(F)c(F)cc12)c1ccc(OCCOC(F)(F)F)c(F)c1. The average Bonchev–Trinajstić information content (AvgIpc) is 3.01. The van der Waals surface area contributed by atoms with Gasteiger partial charge in [-0.15, -0.1) is 13.2 Å². The van der Waals surface area contributed by atoms with Gasteiger partial charge in [-0.05, 0) is 24.3 Å². The van der Waals surface area contributed by atoms with E-state index in [2.05, 4.69) is 15.0 Å². The molecule has 29 heavy (non-hydrogen) atoms. The molecule has 0 saturated carbocycles. The first-order valence-corrected chi connectivity index (χ1v) is 8.04. The molecule has 5 nitrogen and oxygen atoms in total. The number of alkyl halides is 3. The maximum absolute atomic E-state index is 14.0. The molecule has 2 N–H and O–H groups in total. The van der Waals surface area contributed by atoms with Crippen LogP contribution in [0.2, 0.25) is 0 Å². The maximum atomic E-state index is 14.0. The number of fused-ring (bicyclic) bond motifs is 1. The largest absolute Gasteiger partial charge is 0.522 e. The Labute approximate surface area is 159 Å². The van der Waals surface area contributed by atoms with Gasteiger partial charge in [0, 0.05) is 23.2 Å². The second-order valence-corrected chi connectivity index (χ2v) is 5.76. The van der Waals surface area contributed by atoms with E-state index in [9.17, 15) is 31.1 Å². The van der Waals surface area contributed by atoms with E-state index < -0.39 is 42.9 Å². The van der Waals surface area contributed by atoms with Gasteiger partial charge in [0.25, 0.3) is 5.91 Å². The highest BCUT2D eigenvalue weighted by Crippen LogP contribution is 2.26. The lowest BCUT2D eigenvalue weighted by Crippen LogP contribution is -2.18. The van der Waals surface area contributed by atoms with Gasteiger partial charge >= 0.3 is 6.36 Å². The second-order valence-electron chi connectivity index (χ2n) is 5.76. The number of H-pyrrole nitrogens is 1. The summed E-state index contributed by atoms with van der Waals surface area (Å²) in [5.41, 5.74) is 0.266. The smallest absolute Gasteiger partial charge is 0.488 e. The van der Waals surface area contributed by atoms with E-state index >= 15 is 0 Å². The van der Waals surface area contributed by atoms with Crippen LogP contribution in [0.3, 0.4) is 0 Å². The lowest BCUT2D eigenvalue weighted by atomic mass is 10.1. The number of hydrogen-bond acceptors (Lipinski definition) is 3. The molecule has 1 amide bonds. The molecular formula is C18H12F6N2O3. The number of amides is 1. The summed E-state index contributed by atoms with van der Waals surface area (Å²) in [7, 11) is 0. The third-order valence-corrected chi connectivity index (χ3v) is 3.77. The van der Waals surface area contributed by atoms with Crippen molar-refractivity contribution in [2.24, 2.45) is 0 Å². The topological polar surface area (TPSA) is 63.4 Å². The molecule has 0 fully saturated rings. The number of aromatic amines is 1. The van der Waals surface area contributed by atoms with Crippen molar-refractivity contribution < 1.29 is 40.6 Å². The zero-order valence-corrected chi connectivity index (χ0v) is 14.4. The Morgan fingerprint density at radius 1 is 1.00 bits per heavy atom. The Morgan fingerprint density at radius 3 is 2.41 bits per heavy atom. The van der Waals surface area contributed by atoms with Crippen molar-refractivity contribution in [2.75, 3.05) is 18.5 Å². The molecule has 0 bridgehead atoms. The number of carbonyl (C=O) groups is 1. The van der Waals surface area contributed by atoms with Gasteiger partial charge in [-0.25, -0.2) is 13.2 Å². The van der Waals surface area contributed by atoms with Gasteiger partial charge in [0.1, 0.15) is 6.61 Å². The lowest BCUT2D eigenvalue weighted by molar-refractivity contribution is -0.325. The minimum Gasteiger partial charge on any atom is -0.488 e. The number of halogens is 6. The van der Waals surface area contributed by atoms with Crippen molar-refractivity contribution in [3.63, 3.8) is 0 Å². The van der Waals surface area contributed by atoms with E-state index in [0.717, 1.165) is 24.3 Å². The van der Waals surface area contributed by atoms with E-state index in [4.69, 9.17) is 4.74 Å². The molecule has 3 aromatic rings. The lowest BCUT2D eigenvalue weighted by Gasteiger charge is -2.10. The maximum Gasteiger partial charge on any atom is 0.522 e. The van der Waals surface area contributed by atoms with E-state index in [1.165, 1.54) is 12.3 Å². The van der Waals surface area contributed by atoms with Crippen LogP contribution in [0.25, 0.3) is 10.9 Å². The van der Waals surface area contributed by atoms with Gasteiger partial charge in [0.2, 0.25) is 0 Å². The Bertz CT molecular complexity index is 1050. The van der Waals surface area contributed by atoms with Crippen molar-refractivity contribution in [1.82, 2.24) is 4.98 Å². The standard InChI is InChI=1S/C18H12F6N2O3/c19-11-6-10-14(7-12(11)20)25-8-15(10)26-17(27)9-1-2-16(13(21)5-9)28-3-4-29-18(22,23)24/h1-2,5-8,25H,3-4H2,(H,26,27). The molecular weight excluding hydrogens is 406 g/mol. The zero-order valence-electron chi connectivity index (χ0n) is 14.4. The zero-order chi connectivity index (χ0) is 21.2. The number of nitrogens with one attached hydrogen (secondary N) is 2. The van der Waals surface area contributed by atoms with Gasteiger partial charge in [-0.1, -0.05) is 0 Å². The minimum atomic E-state index is -4.82.